The summed E-state index contributed by atoms with van der Waals surface area (Å²) < 4.78 is 5.82. The van der Waals surface area contributed by atoms with Gasteiger partial charge in [-0.25, -0.2) is 4.79 Å². The molecule has 2 aromatic carbocycles. The van der Waals surface area contributed by atoms with E-state index in [2.05, 4.69) is 21.2 Å². The van der Waals surface area contributed by atoms with Crippen LogP contribution in [0.5, 0.6) is 0 Å². The third-order valence-corrected chi connectivity index (χ3v) is 3.64. The Hall–Kier alpha value is -2.14. The lowest BCUT2D eigenvalue weighted by Crippen LogP contribution is -2.16. The van der Waals surface area contributed by atoms with E-state index in [0.717, 1.165) is 6.42 Å². The Balaban J connectivity index is 2.21. The summed E-state index contributed by atoms with van der Waals surface area (Å²) in [5.41, 5.74) is 1.28. The fourth-order valence-electron chi connectivity index (χ4n) is 1.88. The summed E-state index contributed by atoms with van der Waals surface area (Å²) in [5, 5.41) is 2.76. The van der Waals surface area contributed by atoms with Gasteiger partial charge in [0.15, 0.2) is 0 Å². The molecule has 22 heavy (non-hydrogen) atoms. The molecule has 0 saturated carbocycles. The van der Waals surface area contributed by atoms with Crippen LogP contribution in [0.1, 0.15) is 34.1 Å². The van der Waals surface area contributed by atoms with Crippen molar-refractivity contribution < 1.29 is 14.3 Å². The molecule has 1 amide bonds. The molecule has 4 nitrogen and oxygen atoms in total. The van der Waals surface area contributed by atoms with E-state index in [1.54, 1.807) is 42.5 Å². The molecule has 2 rings (SSSR count). The zero-order chi connectivity index (χ0) is 15.9. The number of ether oxygens (including phenoxy) is 1. The Morgan fingerprint density at radius 2 is 1.68 bits per heavy atom. The van der Waals surface area contributed by atoms with Crippen LogP contribution < -0.4 is 5.32 Å². The van der Waals surface area contributed by atoms with E-state index in [-0.39, 0.29) is 5.91 Å². The van der Waals surface area contributed by atoms with E-state index in [1.165, 1.54) is 0 Å². The Morgan fingerprint density at radius 3 is 2.36 bits per heavy atom. The number of amides is 1. The molecule has 0 aliphatic heterocycles. The van der Waals surface area contributed by atoms with Crippen molar-refractivity contribution in [1.29, 1.82) is 0 Å². The summed E-state index contributed by atoms with van der Waals surface area (Å²) in [6, 6.07) is 13.9. The normalized spacial score (nSPS) is 10.1. The molecule has 114 valence electrons. The summed E-state index contributed by atoms with van der Waals surface area (Å²) in [6.07, 6.45) is 0.747. The van der Waals surface area contributed by atoms with Crippen LogP contribution in [0.15, 0.2) is 53.0 Å². The molecule has 5 heteroatoms. The number of para-hydroxylation sites is 1. The van der Waals surface area contributed by atoms with Gasteiger partial charge in [0, 0.05) is 4.47 Å². The van der Waals surface area contributed by atoms with Crippen LogP contribution in [0.3, 0.4) is 0 Å². The first kappa shape index (κ1) is 16.2. The average molecular weight is 362 g/mol. The first-order chi connectivity index (χ1) is 10.6. The Labute approximate surface area is 137 Å². The van der Waals surface area contributed by atoms with E-state index in [1.807, 2.05) is 13.0 Å². The lowest BCUT2D eigenvalue weighted by molar-refractivity contribution is 0.0506. The van der Waals surface area contributed by atoms with Crippen molar-refractivity contribution in [2.45, 2.75) is 13.3 Å². The first-order valence-electron chi connectivity index (χ1n) is 6.95. The maximum absolute atomic E-state index is 12.3. The SMILES string of the molecule is CCCOC(=O)c1ccccc1NC(=O)c1ccccc1Br. The van der Waals surface area contributed by atoms with Crippen molar-refractivity contribution >= 4 is 33.5 Å². The number of nitrogens with one attached hydrogen (secondary N) is 1. The van der Waals surface area contributed by atoms with Crippen LogP contribution in [0.25, 0.3) is 0 Å². The maximum atomic E-state index is 12.3. The second-order valence-electron chi connectivity index (χ2n) is 4.62. The number of benzene rings is 2. The van der Waals surface area contributed by atoms with Crippen molar-refractivity contribution in [1.82, 2.24) is 0 Å². The minimum Gasteiger partial charge on any atom is -0.462 e. The van der Waals surface area contributed by atoms with Gasteiger partial charge in [-0.05, 0) is 46.6 Å². The maximum Gasteiger partial charge on any atom is 0.340 e. The fraction of sp³-hybridized carbons (Fsp3) is 0.176. The van der Waals surface area contributed by atoms with Gasteiger partial charge in [-0.2, -0.15) is 0 Å². The monoisotopic (exact) mass is 361 g/mol. The number of anilines is 1. The number of esters is 1. The van der Waals surface area contributed by atoms with Crippen molar-refractivity contribution in [2.24, 2.45) is 0 Å². The van der Waals surface area contributed by atoms with Crippen LogP contribution in [-0.4, -0.2) is 18.5 Å². The Bertz CT molecular complexity index is 685. The second-order valence-corrected chi connectivity index (χ2v) is 5.47. The molecule has 1 N–H and O–H groups in total. The first-order valence-corrected chi connectivity index (χ1v) is 7.74. The molecule has 0 saturated heterocycles. The van der Waals surface area contributed by atoms with Gasteiger partial charge < -0.3 is 10.1 Å². The summed E-state index contributed by atoms with van der Waals surface area (Å²) in [6.45, 7) is 2.28. The lowest BCUT2D eigenvalue weighted by atomic mass is 10.1. The fourth-order valence-corrected chi connectivity index (χ4v) is 2.34. The Morgan fingerprint density at radius 1 is 1.05 bits per heavy atom. The van der Waals surface area contributed by atoms with E-state index in [9.17, 15) is 9.59 Å². The third kappa shape index (κ3) is 3.95. The number of halogens is 1. The van der Waals surface area contributed by atoms with E-state index < -0.39 is 5.97 Å². The zero-order valence-corrected chi connectivity index (χ0v) is 13.7. The number of carbonyl (C=O) groups excluding carboxylic acids is 2. The molecule has 0 aromatic heterocycles. The average Bonchev–Trinajstić information content (AvgIpc) is 2.53. The minimum absolute atomic E-state index is 0.289. The Kier molecular flexibility index (Phi) is 5.72. The number of carbonyl (C=O) groups is 2. The highest BCUT2D eigenvalue weighted by Crippen LogP contribution is 2.20. The van der Waals surface area contributed by atoms with Crippen LogP contribution in [0, 0.1) is 0 Å². The molecule has 0 atom stereocenters. The smallest absolute Gasteiger partial charge is 0.340 e. The molecule has 0 spiro atoms. The molecule has 0 aliphatic carbocycles. The standard InChI is InChI=1S/C17H16BrNO3/c1-2-11-22-17(21)13-8-4-6-10-15(13)19-16(20)12-7-3-5-9-14(12)18/h3-10H,2,11H2,1H3,(H,19,20). The van der Waals surface area contributed by atoms with E-state index >= 15 is 0 Å². The molecule has 0 fully saturated rings. The topological polar surface area (TPSA) is 55.4 Å². The summed E-state index contributed by atoms with van der Waals surface area (Å²) >= 11 is 3.34. The van der Waals surface area contributed by atoms with Gasteiger partial charge in [-0.1, -0.05) is 31.2 Å². The number of rotatable bonds is 5. The summed E-state index contributed by atoms with van der Waals surface area (Å²) in [7, 11) is 0. The van der Waals surface area contributed by atoms with Gasteiger partial charge in [0.05, 0.1) is 23.4 Å². The second kappa shape index (κ2) is 7.75. The molecule has 0 aliphatic rings. The zero-order valence-electron chi connectivity index (χ0n) is 12.1. The van der Waals surface area contributed by atoms with Gasteiger partial charge in [0.25, 0.3) is 5.91 Å². The van der Waals surface area contributed by atoms with Crippen LogP contribution in [0.4, 0.5) is 5.69 Å². The molecule has 2 aromatic rings. The van der Waals surface area contributed by atoms with Gasteiger partial charge in [0.1, 0.15) is 0 Å². The highest BCUT2D eigenvalue weighted by molar-refractivity contribution is 9.10. The molecular formula is C17H16BrNO3. The van der Waals surface area contributed by atoms with Gasteiger partial charge >= 0.3 is 5.97 Å². The van der Waals surface area contributed by atoms with Crippen molar-refractivity contribution in [2.75, 3.05) is 11.9 Å². The van der Waals surface area contributed by atoms with Crippen molar-refractivity contribution in [3.63, 3.8) is 0 Å². The lowest BCUT2D eigenvalue weighted by Gasteiger charge is -2.11. The largest absolute Gasteiger partial charge is 0.462 e. The summed E-state index contributed by atoms with van der Waals surface area (Å²) in [5.74, 6) is -0.729. The minimum atomic E-state index is -0.440. The van der Waals surface area contributed by atoms with Gasteiger partial charge in [0.2, 0.25) is 0 Å². The number of hydrogen-bond acceptors (Lipinski definition) is 3. The van der Waals surface area contributed by atoms with Crippen LogP contribution in [0.2, 0.25) is 0 Å². The van der Waals surface area contributed by atoms with E-state index in [0.29, 0.717) is 27.9 Å². The number of hydrogen-bond donors (Lipinski definition) is 1. The quantitative estimate of drug-likeness (QED) is 0.809. The van der Waals surface area contributed by atoms with Gasteiger partial charge in [-0.15, -0.1) is 0 Å². The molecular weight excluding hydrogens is 346 g/mol. The van der Waals surface area contributed by atoms with Crippen molar-refractivity contribution in [3.8, 4) is 0 Å². The predicted octanol–water partition coefficient (Wildman–Crippen LogP) is 4.27. The molecule has 0 radical (unpaired) electrons. The van der Waals surface area contributed by atoms with Crippen molar-refractivity contribution in [3.05, 3.63) is 64.1 Å². The van der Waals surface area contributed by atoms with E-state index in [4.69, 9.17) is 4.74 Å². The predicted molar refractivity (Wildman–Crippen MR) is 89.1 cm³/mol. The molecule has 0 heterocycles. The van der Waals surface area contributed by atoms with Crippen LogP contribution >= 0.6 is 15.9 Å². The highest BCUT2D eigenvalue weighted by atomic mass is 79.9. The van der Waals surface area contributed by atoms with Crippen LogP contribution in [-0.2, 0) is 4.74 Å². The highest BCUT2D eigenvalue weighted by Gasteiger charge is 2.16. The summed E-state index contributed by atoms with van der Waals surface area (Å²) in [4.78, 5) is 24.4. The molecule has 0 bridgehead atoms. The molecule has 0 unspecified atom stereocenters. The third-order valence-electron chi connectivity index (χ3n) is 2.95. The van der Waals surface area contributed by atoms with Gasteiger partial charge in [-0.3, -0.25) is 4.79 Å².